The lowest BCUT2D eigenvalue weighted by molar-refractivity contribution is -0.384. The standard InChI is InChI=1S/C16H25N3O2/c1-12(2)14-4-3-8-18(9-7-14)11-13-5-6-15(17)16(10-13)19(20)21/h5-6,10,12,14H,3-4,7-9,11,17H2,1-2H3. The monoisotopic (exact) mass is 291 g/mol. The molecular weight excluding hydrogens is 266 g/mol. The van der Waals surface area contributed by atoms with Gasteiger partial charge in [0.25, 0.3) is 5.69 Å². The van der Waals surface area contributed by atoms with Crippen LogP contribution in [-0.4, -0.2) is 22.9 Å². The van der Waals surface area contributed by atoms with E-state index in [-0.39, 0.29) is 11.4 Å². The number of benzene rings is 1. The lowest BCUT2D eigenvalue weighted by Crippen LogP contribution is -2.24. The highest BCUT2D eigenvalue weighted by Crippen LogP contribution is 2.27. The average Bonchev–Trinajstić information content (AvgIpc) is 2.66. The summed E-state index contributed by atoms with van der Waals surface area (Å²) < 4.78 is 0. The molecule has 2 rings (SSSR count). The summed E-state index contributed by atoms with van der Waals surface area (Å²) in [6.07, 6.45) is 3.71. The van der Waals surface area contributed by atoms with Crippen molar-refractivity contribution in [2.24, 2.45) is 11.8 Å². The van der Waals surface area contributed by atoms with E-state index < -0.39 is 4.92 Å². The maximum absolute atomic E-state index is 11.0. The van der Waals surface area contributed by atoms with E-state index in [4.69, 9.17) is 5.73 Å². The summed E-state index contributed by atoms with van der Waals surface area (Å²) in [7, 11) is 0. The van der Waals surface area contributed by atoms with Gasteiger partial charge in [0.05, 0.1) is 4.92 Å². The van der Waals surface area contributed by atoms with Crippen LogP contribution in [0.3, 0.4) is 0 Å². The largest absolute Gasteiger partial charge is 0.393 e. The first-order valence-corrected chi connectivity index (χ1v) is 7.72. The number of nitro benzene ring substituents is 1. The van der Waals surface area contributed by atoms with E-state index in [2.05, 4.69) is 18.7 Å². The molecule has 1 heterocycles. The van der Waals surface area contributed by atoms with Crippen LogP contribution in [0.25, 0.3) is 0 Å². The molecule has 0 aromatic heterocycles. The van der Waals surface area contributed by atoms with Crippen molar-refractivity contribution in [3.05, 3.63) is 33.9 Å². The van der Waals surface area contributed by atoms with Crippen LogP contribution in [0.1, 0.15) is 38.7 Å². The highest BCUT2D eigenvalue weighted by molar-refractivity contribution is 5.59. The fourth-order valence-corrected chi connectivity index (χ4v) is 3.11. The quantitative estimate of drug-likeness (QED) is 0.524. The fraction of sp³-hybridized carbons (Fsp3) is 0.625. The Morgan fingerprint density at radius 3 is 2.81 bits per heavy atom. The smallest absolute Gasteiger partial charge is 0.292 e. The zero-order valence-corrected chi connectivity index (χ0v) is 12.9. The third-order valence-corrected chi connectivity index (χ3v) is 4.51. The lowest BCUT2D eigenvalue weighted by Gasteiger charge is -2.21. The molecule has 1 aliphatic heterocycles. The average molecular weight is 291 g/mol. The second kappa shape index (κ2) is 6.89. The first-order valence-electron chi connectivity index (χ1n) is 7.72. The van der Waals surface area contributed by atoms with Crippen LogP contribution in [0, 0.1) is 22.0 Å². The number of nitro groups is 1. The maximum Gasteiger partial charge on any atom is 0.292 e. The van der Waals surface area contributed by atoms with Gasteiger partial charge in [0, 0.05) is 12.6 Å². The van der Waals surface area contributed by atoms with Gasteiger partial charge in [-0.3, -0.25) is 15.0 Å². The predicted octanol–water partition coefficient (Wildman–Crippen LogP) is 3.44. The normalized spacial score (nSPS) is 20.4. The molecule has 0 spiro atoms. The Bertz CT molecular complexity index is 502. The third-order valence-electron chi connectivity index (χ3n) is 4.51. The molecule has 116 valence electrons. The summed E-state index contributed by atoms with van der Waals surface area (Å²) in [5.41, 5.74) is 6.87. The van der Waals surface area contributed by atoms with E-state index in [0.717, 1.165) is 37.0 Å². The van der Waals surface area contributed by atoms with E-state index in [1.54, 1.807) is 12.1 Å². The van der Waals surface area contributed by atoms with Gasteiger partial charge in [-0.15, -0.1) is 0 Å². The number of nitrogen functional groups attached to an aromatic ring is 1. The topological polar surface area (TPSA) is 72.4 Å². The predicted molar refractivity (Wildman–Crippen MR) is 85.0 cm³/mol. The number of hydrogen-bond acceptors (Lipinski definition) is 4. The second-order valence-electron chi connectivity index (χ2n) is 6.36. The van der Waals surface area contributed by atoms with Gasteiger partial charge in [-0.05, 0) is 55.8 Å². The molecule has 1 aromatic rings. The van der Waals surface area contributed by atoms with Crippen LogP contribution in [0.15, 0.2) is 18.2 Å². The van der Waals surface area contributed by atoms with Gasteiger partial charge < -0.3 is 5.73 Å². The highest BCUT2D eigenvalue weighted by Gasteiger charge is 2.20. The number of rotatable bonds is 4. The van der Waals surface area contributed by atoms with E-state index in [9.17, 15) is 10.1 Å². The minimum atomic E-state index is -0.407. The van der Waals surface area contributed by atoms with Gasteiger partial charge >= 0.3 is 0 Å². The summed E-state index contributed by atoms with van der Waals surface area (Å²) in [5.74, 6) is 1.54. The van der Waals surface area contributed by atoms with Gasteiger partial charge in [0.2, 0.25) is 0 Å². The molecule has 1 unspecified atom stereocenters. The molecule has 1 aromatic carbocycles. The SMILES string of the molecule is CC(C)C1CCCN(Cc2ccc(N)c([N+](=O)[O-])c2)CC1. The molecular formula is C16H25N3O2. The summed E-state index contributed by atoms with van der Waals surface area (Å²) in [6.45, 7) is 7.50. The van der Waals surface area contributed by atoms with Crippen molar-refractivity contribution in [3.8, 4) is 0 Å². The zero-order chi connectivity index (χ0) is 15.4. The Balaban J connectivity index is 2.01. The zero-order valence-electron chi connectivity index (χ0n) is 12.9. The number of likely N-dealkylation sites (tertiary alicyclic amines) is 1. The van der Waals surface area contributed by atoms with E-state index in [1.807, 2.05) is 6.07 Å². The minimum absolute atomic E-state index is 0.0161. The highest BCUT2D eigenvalue weighted by atomic mass is 16.6. The Labute approximate surface area is 126 Å². The number of anilines is 1. The van der Waals surface area contributed by atoms with Gasteiger partial charge in [-0.25, -0.2) is 0 Å². The molecule has 0 radical (unpaired) electrons. The summed E-state index contributed by atoms with van der Waals surface area (Å²) in [4.78, 5) is 12.9. The van der Waals surface area contributed by atoms with Crippen LogP contribution in [0.2, 0.25) is 0 Å². The van der Waals surface area contributed by atoms with Crippen molar-refractivity contribution in [2.45, 2.75) is 39.7 Å². The maximum atomic E-state index is 11.0. The summed E-state index contributed by atoms with van der Waals surface area (Å²) in [5, 5.41) is 11.0. The van der Waals surface area contributed by atoms with E-state index >= 15 is 0 Å². The van der Waals surface area contributed by atoms with Crippen LogP contribution in [0.5, 0.6) is 0 Å². The molecule has 1 aliphatic rings. The van der Waals surface area contributed by atoms with Crippen molar-refractivity contribution < 1.29 is 4.92 Å². The molecule has 5 nitrogen and oxygen atoms in total. The van der Waals surface area contributed by atoms with Gasteiger partial charge in [-0.2, -0.15) is 0 Å². The molecule has 0 bridgehead atoms. The molecule has 1 saturated heterocycles. The molecule has 1 atom stereocenters. The Morgan fingerprint density at radius 2 is 2.14 bits per heavy atom. The molecule has 1 fully saturated rings. The van der Waals surface area contributed by atoms with Gasteiger partial charge in [0.1, 0.15) is 5.69 Å². The summed E-state index contributed by atoms with van der Waals surface area (Å²) in [6, 6.07) is 5.15. The first kappa shape index (κ1) is 15.8. The van der Waals surface area contributed by atoms with Crippen molar-refractivity contribution in [1.82, 2.24) is 4.90 Å². The van der Waals surface area contributed by atoms with Crippen LogP contribution < -0.4 is 5.73 Å². The minimum Gasteiger partial charge on any atom is -0.393 e. The number of nitrogens with two attached hydrogens (primary N) is 1. The van der Waals surface area contributed by atoms with Crippen LogP contribution >= 0.6 is 0 Å². The molecule has 0 saturated carbocycles. The van der Waals surface area contributed by atoms with Crippen molar-refractivity contribution >= 4 is 11.4 Å². The third kappa shape index (κ3) is 4.17. The van der Waals surface area contributed by atoms with E-state index in [0.29, 0.717) is 0 Å². The van der Waals surface area contributed by atoms with Crippen LogP contribution in [0.4, 0.5) is 11.4 Å². The molecule has 0 amide bonds. The van der Waals surface area contributed by atoms with Crippen molar-refractivity contribution in [3.63, 3.8) is 0 Å². The summed E-state index contributed by atoms with van der Waals surface area (Å²) >= 11 is 0. The fourth-order valence-electron chi connectivity index (χ4n) is 3.11. The molecule has 0 aliphatic carbocycles. The van der Waals surface area contributed by atoms with Gasteiger partial charge in [-0.1, -0.05) is 19.9 Å². The molecule has 21 heavy (non-hydrogen) atoms. The van der Waals surface area contributed by atoms with Gasteiger partial charge in [0.15, 0.2) is 0 Å². The Hall–Kier alpha value is -1.62. The Kier molecular flexibility index (Phi) is 5.17. The number of hydrogen-bond donors (Lipinski definition) is 1. The lowest BCUT2D eigenvalue weighted by atomic mass is 9.89. The van der Waals surface area contributed by atoms with E-state index in [1.165, 1.54) is 19.3 Å². The number of nitrogens with zero attached hydrogens (tertiary/aromatic N) is 2. The van der Waals surface area contributed by atoms with Crippen molar-refractivity contribution in [2.75, 3.05) is 18.8 Å². The first-order chi connectivity index (χ1) is 9.97. The Morgan fingerprint density at radius 1 is 1.38 bits per heavy atom. The second-order valence-corrected chi connectivity index (χ2v) is 6.36. The molecule has 2 N–H and O–H groups in total. The van der Waals surface area contributed by atoms with Crippen LogP contribution in [-0.2, 0) is 6.54 Å². The molecule has 5 heteroatoms. The van der Waals surface area contributed by atoms with Crippen molar-refractivity contribution in [1.29, 1.82) is 0 Å².